The summed E-state index contributed by atoms with van der Waals surface area (Å²) in [6, 6.07) is 17.8. The minimum Gasteiger partial charge on any atom is -0.303 e. The number of aromatic nitrogens is 2. The summed E-state index contributed by atoms with van der Waals surface area (Å²) in [6.45, 7) is 5.43. The van der Waals surface area contributed by atoms with Crippen LogP contribution in [0.2, 0.25) is 5.02 Å². The molecule has 0 spiro atoms. The van der Waals surface area contributed by atoms with Crippen molar-refractivity contribution in [1.29, 1.82) is 0 Å². The zero-order chi connectivity index (χ0) is 26.2. The van der Waals surface area contributed by atoms with E-state index in [1.165, 1.54) is 12.1 Å². The Morgan fingerprint density at radius 3 is 2.32 bits per heavy atom. The number of nitrogens with zero attached hydrogens (tertiary/aromatic N) is 3. The molecule has 0 radical (unpaired) electrons. The highest BCUT2D eigenvalue weighted by molar-refractivity contribution is 6.30. The van der Waals surface area contributed by atoms with Crippen LogP contribution in [0.25, 0.3) is 33.4 Å². The van der Waals surface area contributed by atoms with Crippen LogP contribution in [0.15, 0.2) is 71.5 Å². The molecule has 4 nitrogen and oxygen atoms in total. The van der Waals surface area contributed by atoms with E-state index >= 15 is 0 Å². The fourth-order valence-electron chi connectivity index (χ4n) is 5.09. The van der Waals surface area contributed by atoms with Gasteiger partial charge in [-0.2, -0.15) is 13.2 Å². The first-order chi connectivity index (χ1) is 17.7. The fraction of sp³-hybridized carbons (Fsp3) is 0.310. The number of likely N-dealkylation sites (tertiary alicyclic amines) is 1. The standard InChI is InChI=1S/C29H27ClF3N3O/c1-2-35-15-3-4-19(17-35)18-36-27(21-5-10-23(11-6-21)29(31,32)33)34-26-14-9-22(16-25(26)28(36)37)20-7-12-24(30)13-8-20/h5-14,16,19H,2-4,15,17-18H2,1H3/t19-/m1/s1. The first kappa shape index (κ1) is 25.5. The fourth-order valence-corrected chi connectivity index (χ4v) is 5.21. The van der Waals surface area contributed by atoms with Gasteiger partial charge in [-0.1, -0.05) is 48.9 Å². The molecule has 0 amide bonds. The molecule has 37 heavy (non-hydrogen) atoms. The summed E-state index contributed by atoms with van der Waals surface area (Å²) < 4.78 is 41.2. The van der Waals surface area contributed by atoms with Crippen molar-refractivity contribution in [3.63, 3.8) is 0 Å². The van der Waals surface area contributed by atoms with Crippen molar-refractivity contribution < 1.29 is 13.2 Å². The van der Waals surface area contributed by atoms with Gasteiger partial charge < -0.3 is 4.90 Å². The van der Waals surface area contributed by atoms with Crippen LogP contribution in [0.4, 0.5) is 13.2 Å². The molecule has 0 saturated carbocycles. The van der Waals surface area contributed by atoms with Gasteiger partial charge >= 0.3 is 6.18 Å². The monoisotopic (exact) mass is 525 g/mol. The van der Waals surface area contributed by atoms with Gasteiger partial charge in [0.25, 0.3) is 5.56 Å². The van der Waals surface area contributed by atoms with Crippen LogP contribution >= 0.6 is 11.6 Å². The number of halogens is 4. The van der Waals surface area contributed by atoms with Crippen molar-refractivity contribution in [2.24, 2.45) is 5.92 Å². The molecule has 1 aliphatic heterocycles. The van der Waals surface area contributed by atoms with Crippen LogP contribution in [-0.4, -0.2) is 34.1 Å². The van der Waals surface area contributed by atoms with E-state index in [1.807, 2.05) is 24.3 Å². The van der Waals surface area contributed by atoms with Gasteiger partial charge in [0, 0.05) is 23.7 Å². The number of hydrogen-bond acceptors (Lipinski definition) is 3. The molecular weight excluding hydrogens is 499 g/mol. The van der Waals surface area contributed by atoms with Gasteiger partial charge in [-0.05, 0) is 79.4 Å². The number of piperidine rings is 1. The summed E-state index contributed by atoms with van der Waals surface area (Å²) in [5.41, 5.74) is 1.86. The Morgan fingerprint density at radius 1 is 0.973 bits per heavy atom. The lowest BCUT2D eigenvalue weighted by atomic mass is 9.97. The van der Waals surface area contributed by atoms with Crippen molar-refractivity contribution in [1.82, 2.24) is 14.5 Å². The van der Waals surface area contributed by atoms with E-state index in [9.17, 15) is 18.0 Å². The van der Waals surface area contributed by atoms with Crippen LogP contribution in [0.5, 0.6) is 0 Å². The number of fused-ring (bicyclic) bond motifs is 1. The summed E-state index contributed by atoms with van der Waals surface area (Å²) >= 11 is 6.03. The van der Waals surface area contributed by atoms with Gasteiger partial charge in [0.15, 0.2) is 0 Å². The van der Waals surface area contributed by atoms with E-state index in [2.05, 4.69) is 11.8 Å². The zero-order valence-corrected chi connectivity index (χ0v) is 21.2. The maximum atomic E-state index is 13.9. The Balaban J connectivity index is 1.63. The van der Waals surface area contributed by atoms with E-state index in [4.69, 9.17) is 16.6 Å². The molecule has 1 aliphatic rings. The van der Waals surface area contributed by atoms with Crippen molar-refractivity contribution in [3.05, 3.63) is 87.7 Å². The number of hydrogen-bond donors (Lipinski definition) is 0. The summed E-state index contributed by atoms with van der Waals surface area (Å²) in [5.74, 6) is 0.636. The lowest BCUT2D eigenvalue weighted by molar-refractivity contribution is -0.137. The lowest BCUT2D eigenvalue weighted by Crippen LogP contribution is -2.38. The van der Waals surface area contributed by atoms with Crippen molar-refractivity contribution in [3.8, 4) is 22.5 Å². The van der Waals surface area contributed by atoms with Gasteiger partial charge in [0.05, 0.1) is 16.5 Å². The molecule has 1 aromatic heterocycles. The molecule has 0 unspecified atom stereocenters. The van der Waals surface area contributed by atoms with E-state index in [1.54, 1.807) is 22.8 Å². The van der Waals surface area contributed by atoms with Crippen molar-refractivity contribution >= 4 is 22.5 Å². The zero-order valence-electron chi connectivity index (χ0n) is 20.4. The third-order valence-electron chi connectivity index (χ3n) is 7.09. The largest absolute Gasteiger partial charge is 0.416 e. The lowest BCUT2D eigenvalue weighted by Gasteiger charge is -2.32. The molecule has 3 aromatic carbocycles. The van der Waals surface area contributed by atoms with E-state index < -0.39 is 11.7 Å². The second kappa shape index (κ2) is 10.3. The molecule has 5 rings (SSSR count). The molecule has 192 valence electrons. The number of rotatable bonds is 5. The Bertz CT molecular complexity index is 1460. The minimum atomic E-state index is -4.43. The van der Waals surface area contributed by atoms with E-state index in [0.29, 0.717) is 33.9 Å². The highest BCUT2D eigenvalue weighted by atomic mass is 35.5. The highest BCUT2D eigenvalue weighted by Gasteiger charge is 2.30. The summed E-state index contributed by atoms with van der Waals surface area (Å²) in [6.07, 6.45) is -2.40. The van der Waals surface area contributed by atoms with Gasteiger partial charge in [-0.25, -0.2) is 4.98 Å². The van der Waals surface area contributed by atoms with Crippen LogP contribution in [0, 0.1) is 5.92 Å². The Kier molecular flexibility index (Phi) is 7.10. The van der Waals surface area contributed by atoms with Crippen LogP contribution < -0.4 is 5.56 Å². The number of alkyl halides is 3. The second-order valence-corrected chi connectivity index (χ2v) is 10.0. The predicted molar refractivity (Wildman–Crippen MR) is 142 cm³/mol. The molecule has 2 heterocycles. The van der Waals surface area contributed by atoms with Gasteiger partial charge in [0.1, 0.15) is 5.82 Å². The van der Waals surface area contributed by atoms with Crippen molar-refractivity contribution in [2.45, 2.75) is 32.5 Å². The van der Waals surface area contributed by atoms with Crippen LogP contribution in [0.1, 0.15) is 25.3 Å². The molecular formula is C29H27ClF3N3O. The molecule has 1 fully saturated rings. The van der Waals surface area contributed by atoms with Crippen molar-refractivity contribution in [2.75, 3.05) is 19.6 Å². The Hall–Kier alpha value is -3.16. The maximum absolute atomic E-state index is 13.9. The molecule has 0 aliphatic carbocycles. The average Bonchev–Trinajstić information content (AvgIpc) is 2.90. The van der Waals surface area contributed by atoms with Gasteiger partial charge in [-0.15, -0.1) is 0 Å². The average molecular weight is 526 g/mol. The third-order valence-corrected chi connectivity index (χ3v) is 7.35. The quantitative estimate of drug-likeness (QED) is 0.278. The molecule has 4 aromatic rings. The van der Waals surface area contributed by atoms with E-state index in [-0.39, 0.29) is 11.5 Å². The third kappa shape index (κ3) is 5.43. The minimum absolute atomic E-state index is 0.190. The highest BCUT2D eigenvalue weighted by Crippen LogP contribution is 2.32. The van der Waals surface area contributed by atoms with Gasteiger partial charge in [-0.3, -0.25) is 9.36 Å². The molecule has 8 heteroatoms. The Morgan fingerprint density at radius 2 is 1.65 bits per heavy atom. The van der Waals surface area contributed by atoms with Gasteiger partial charge in [0.2, 0.25) is 0 Å². The smallest absolute Gasteiger partial charge is 0.303 e. The second-order valence-electron chi connectivity index (χ2n) is 9.57. The van der Waals surface area contributed by atoms with Crippen LogP contribution in [-0.2, 0) is 12.7 Å². The van der Waals surface area contributed by atoms with Crippen LogP contribution in [0.3, 0.4) is 0 Å². The summed E-state index contributed by atoms with van der Waals surface area (Å²) in [7, 11) is 0. The Labute approximate surface area is 218 Å². The summed E-state index contributed by atoms with van der Waals surface area (Å²) in [4.78, 5) is 21.1. The molecule has 1 atom stereocenters. The SMILES string of the molecule is CCN1CCC[C@@H](Cn2c(-c3ccc(C(F)(F)F)cc3)nc3ccc(-c4ccc(Cl)cc4)cc3c2=O)C1. The topological polar surface area (TPSA) is 38.1 Å². The molecule has 0 bridgehead atoms. The summed E-state index contributed by atoms with van der Waals surface area (Å²) in [5, 5.41) is 1.11. The predicted octanol–water partition coefficient (Wildman–Crippen LogP) is 7.13. The maximum Gasteiger partial charge on any atom is 0.416 e. The molecule has 0 N–H and O–H groups in total. The number of benzene rings is 3. The first-order valence-electron chi connectivity index (χ1n) is 12.4. The normalized spacial score (nSPS) is 16.8. The van der Waals surface area contributed by atoms with E-state index in [0.717, 1.165) is 55.7 Å². The first-order valence-corrected chi connectivity index (χ1v) is 12.8. The molecule has 1 saturated heterocycles.